The van der Waals surface area contributed by atoms with Crippen molar-refractivity contribution >= 4 is 69.0 Å². The van der Waals surface area contributed by atoms with Gasteiger partial charge in [-0.1, -0.05) is 34.8 Å². The van der Waals surface area contributed by atoms with Crippen molar-refractivity contribution < 1.29 is 4.79 Å². The first-order chi connectivity index (χ1) is 8.97. The molecule has 0 heterocycles. The SMILES string of the molecule is O=C(Nc1ccc(Cl)cc1I)c1ccc(Cl)c(Cl)c1. The minimum absolute atomic E-state index is 0.251. The predicted octanol–water partition coefficient (Wildman–Crippen LogP) is 5.50. The van der Waals surface area contributed by atoms with E-state index < -0.39 is 0 Å². The molecule has 2 rings (SSSR count). The van der Waals surface area contributed by atoms with E-state index in [0.717, 1.165) is 3.57 Å². The molecule has 0 bridgehead atoms. The summed E-state index contributed by atoms with van der Waals surface area (Å²) >= 11 is 19.7. The Hall–Kier alpha value is -0.490. The summed E-state index contributed by atoms with van der Waals surface area (Å²) in [5.74, 6) is -0.251. The van der Waals surface area contributed by atoms with Crippen LogP contribution in [-0.2, 0) is 0 Å². The zero-order chi connectivity index (χ0) is 14.0. The lowest BCUT2D eigenvalue weighted by Crippen LogP contribution is -2.12. The first-order valence-electron chi connectivity index (χ1n) is 5.19. The van der Waals surface area contributed by atoms with Gasteiger partial charge in [0.2, 0.25) is 0 Å². The fourth-order valence-electron chi connectivity index (χ4n) is 1.42. The quantitative estimate of drug-likeness (QED) is 0.631. The van der Waals surface area contributed by atoms with E-state index >= 15 is 0 Å². The first-order valence-corrected chi connectivity index (χ1v) is 7.40. The van der Waals surface area contributed by atoms with Crippen molar-refractivity contribution in [3.8, 4) is 0 Å². The average Bonchev–Trinajstić information content (AvgIpc) is 2.36. The average molecular weight is 426 g/mol. The molecule has 98 valence electrons. The lowest BCUT2D eigenvalue weighted by Gasteiger charge is -2.08. The minimum atomic E-state index is -0.251. The molecule has 6 heteroatoms. The Kier molecular flexibility index (Phi) is 4.95. The number of carbonyl (C=O) groups is 1. The van der Waals surface area contributed by atoms with Crippen molar-refractivity contribution in [1.29, 1.82) is 0 Å². The second kappa shape index (κ2) is 6.31. The molecule has 0 aliphatic heterocycles. The van der Waals surface area contributed by atoms with Gasteiger partial charge in [-0.2, -0.15) is 0 Å². The second-order valence-electron chi connectivity index (χ2n) is 3.71. The van der Waals surface area contributed by atoms with Crippen LogP contribution in [0, 0.1) is 3.57 Å². The predicted molar refractivity (Wildman–Crippen MR) is 88.6 cm³/mol. The van der Waals surface area contributed by atoms with Gasteiger partial charge in [0.05, 0.1) is 15.7 Å². The molecular formula is C13H7Cl3INO. The minimum Gasteiger partial charge on any atom is -0.321 e. The molecule has 2 aromatic rings. The number of hydrogen-bond acceptors (Lipinski definition) is 1. The summed E-state index contributed by atoms with van der Waals surface area (Å²) in [4.78, 5) is 12.1. The molecule has 0 saturated carbocycles. The van der Waals surface area contributed by atoms with Crippen LogP contribution in [-0.4, -0.2) is 5.91 Å². The van der Waals surface area contributed by atoms with Crippen LogP contribution in [0.25, 0.3) is 0 Å². The highest BCUT2D eigenvalue weighted by atomic mass is 127. The number of anilines is 1. The highest BCUT2D eigenvalue weighted by Gasteiger charge is 2.10. The molecule has 0 aromatic heterocycles. The zero-order valence-electron chi connectivity index (χ0n) is 9.38. The van der Waals surface area contributed by atoms with E-state index in [2.05, 4.69) is 27.9 Å². The van der Waals surface area contributed by atoms with E-state index in [4.69, 9.17) is 34.8 Å². The van der Waals surface area contributed by atoms with Crippen LogP contribution in [0.15, 0.2) is 36.4 Å². The highest BCUT2D eigenvalue weighted by Crippen LogP contribution is 2.25. The van der Waals surface area contributed by atoms with Crippen molar-refractivity contribution in [2.24, 2.45) is 0 Å². The second-order valence-corrected chi connectivity index (χ2v) is 6.12. The van der Waals surface area contributed by atoms with Crippen LogP contribution in [0.1, 0.15) is 10.4 Å². The molecule has 1 amide bonds. The topological polar surface area (TPSA) is 29.1 Å². The van der Waals surface area contributed by atoms with E-state index in [9.17, 15) is 4.79 Å². The molecule has 2 nitrogen and oxygen atoms in total. The van der Waals surface area contributed by atoms with Gasteiger partial charge in [0, 0.05) is 14.2 Å². The summed E-state index contributed by atoms with van der Waals surface area (Å²) < 4.78 is 0.860. The summed E-state index contributed by atoms with van der Waals surface area (Å²) in [6.45, 7) is 0. The van der Waals surface area contributed by atoms with Gasteiger partial charge in [-0.15, -0.1) is 0 Å². The van der Waals surface area contributed by atoms with Crippen molar-refractivity contribution in [2.75, 3.05) is 5.32 Å². The van der Waals surface area contributed by atoms with E-state index in [1.54, 1.807) is 30.3 Å². The van der Waals surface area contributed by atoms with Crippen molar-refractivity contribution in [1.82, 2.24) is 0 Å². The summed E-state index contributed by atoms with van der Waals surface area (Å²) in [5.41, 5.74) is 1.14. The first kappa shape index (κ1) is 14.9. The third-order valence-corrected chi connectivity index (χ3v) is 4.23. The smallest absolute Gasteiger partial charge is 0.255 e. The molecule has 0 spiro atoms. The van der Waals surface area contributed by atoms with Crippen LogP contribution in [0.3, 0.4) is 0 Å². The third-order valence-electron chi connectivity index (χ3n) is 2.36. The van der Waals surface area contributed by atoms with E-state index in [-0.39, 0.29) is 5.91 Å². The molecule has 0 aliphatic rings. The fraction of sp³-hybridized carbons (Fsp3) is 0. The standard InChI is InChI=1S/C13H7Cl3INO/c14-8-2-4-12(11(17)6-8)18-13(19)7-1-3-9(15)10(16)5-7/h1-6H,(H,18,19). The molecule has 0 radical (unpaired) electrons. The van der Waals surface area contributed by atoms with Crippen LogP contribution >= 0.6 is 57.4 Å². The Bertz CT molecular complexity index is 646. The maximum atomic E-state index is 12.1. The molecule has 1 N–H and O–H groups in total. The van der Waals surface area contributed by atoms with Gasteiger partial charge in [-0.3, -0.25) is 4.79 Å². The molecule has 0 fully saturated rings. The van der Waals surface area contributed by atoms with Gasteiger partial charge in [0.1, 0.15) is 0 Å². The monoisotopic (exact) mass is 425 g/mol. The maximum Gasteiger partial charge on any atom is 0.255 e. The molecule has 0 saturated heterocycles. The van der Waals surface area contributed by atoms with Gasteiger partial charge in [-0.05, 0) is 59.0 Å². The van der Waals surface area contributed by atoms with E-state index in [1.807, 2.05) is 0 Å². The summed E-state index contributed by atoms with van der Waals surface area (Å²) in [7, 11) is 0. The van der Waals surface area contributed by atoms with Gasteiger partial charge in [0.25, 0.3) is 5.91 Å². The number of carbonyl (C=O) groups excluding carboxylic acids is 1. The van der Waals surface area contributed by atoms with Gasteiger partial charge in [0.15, 0.2) is 0 Å². The van der Waals surface area contributed by atoms with Gasteiger partial charge < -0.3 is 5.32 Å². The van der Waals surface area contributed by atoms with Gasteiger partial charge in [-0.25, -0.2) is 0 Å². The van der Waals surface area contributed by atoms with Crippen LogP contribution in [0.4, 0.5) is 5.69 Å². The molecule has 0 aliphatic carbocycles. The Morgan fingerprint density at radius 3 is 2.37 bits per heavy atom. The van der Waals surface area contributed by atoms with E-state index in [0.29, 0.717) is 26.3 Å². The normalized spacial score (nSPS) is 10.3. The molecule has 0 unspecified atom stereocenters. The number of halogens is 4. The molecule has 19 heavy (non-hydrogen) atoms. The number of rotatable bonds is 2. The van der Waals surface area contributed by atoms with Gasteiger partial charge >= 0.3 is 0 Å². The summed E-state index contributed by atoms with van der Waals surface area (Å²) in [6, 6.07) is 9.97. The largest absolute Gasteiger partial charge is 0.321 e. The zero-order valence-corrected chi connectivity index (χ0v) is 13.8. The summed E-state index contributed by atoms with van der Waals surface area (Å²) in [5, 5.41) is 4.18. The lowest BCUT2D eigenvalue weighted by molar-refractivity contribution is 0.102. The molecule has 0 atom stereocenters. The Labute approximate surface area is 139 Å². The Morgan fingerprint density at radius 2 is 1.74 bits per heavy atom. The van der Waals surface area contributed by atoms with Crippen molar-refractivity contribution in [3.63, 3.8) is 0 Å². The number of amides is 1. The number of nitrogens with one attached hydrogen (secondary N) is 1. The molecule has 2 aromatic carbocycles. The Morgan fingerprint density at radius 1 is 1.00 bits per heavy atom. The fourth-order valence-corrected chi connectivity index (χ4v) is 2.73. The number of benzene rings is 2. The van der Waals surface area contributed by atoms with Crippen molar-refractivity contribution in [3.05, 3.63) is 60.6 Å². The third kappa shape index (κ3) is 3.75. The van der Waals surface area contributed by atoms with Crippen LogP contribution < -0.4 is 5.32 Å². The highest BCUT2D eigenvalue weighted by molar-refractivity contribution is 14.1. The number of hydrogen-bond donors (Lipinski definition) is 1. The Balaban J connectivity index is 2.23. The maximum absolute atomic E-state index is 12.1. The lowest BCUT2D eigenvalue weighted by atomic mass is 10.2. The van der Waals surface area contributed by atoms with Crippen molar-refractivity contribution in [2.45, 2.75) is 0 Å². The van der Waals surface area contributed by atoms with Crippen LogP contribution in [0.2, 0.25) is 15.1 Å². The summed E-state index contributed by atoms with van der Waals surface area (Å²) in [6.07, 6.45) is 0. The van der Waals surface area contributed by atoms with Crippen LogP contribution in [0.5, 0.6) is 0 Å². The molecular weight excluding hydrogens is 419 g/mol. The van der Waals surface area contributed by atoms with E-state index in [1.165, 1.54) is 6.07 Å².